The van der Waals surface area contributed by atoms with Crippen molar-refractivity contribution in [3.05, 3.63) is 18.2 Å². The molecule has 5 nitrogen and oxygen atoms in total. The Morgan fingerprint density at radius 3 is 2.85 bits per heavy atom. The molecule has 1 aliphatic carbocycles. The van der Waals surface area contributed by atoms with E-state index >= 15 is 0 Å². The molecule has 1 aliphatic rings. The molecule has 2 heterocycles. The summed E-state index contributed by atoms with van der Waals surface area (Å²) in [7, 11) is 0. The molecule has 20 heavy (non-hydrogen) atoms. The first kappa shape index (κ1) is 13.5. The molecule has 0 saturated heterocycles. The normalized spacial score (nSPS) is 15.8. The van der Waals surface area contributed by atoms with Gasteiger partial charge in [-0.25, -0.2) is 9.97 Å². The molecule has 3 rings (SSSR count). The third kappa shape index (κ3) is 3.00. The van der Waals surface area contributed by atoms with E-state index in [0.717, 1.165) is 23.0 Å². The lowest BCUT2D eigenvalue weighted by Crippen LogP contribution is -2.00. The summed E-state index contributed by atoms with van der Waals surface area (Å²) >= 11 is 1.64. The lowest BCUT2D eigenvalue weighted by atomic mass is 10.0. The number of rotatable bonds is 5. The van der Waals surface area contributed by atoms with E-state index in [1.54, 1.807) is 24.2 Å². The number of hydrogen-bond acceptors (Lipinski definition) is 6. The first-order valence-corrected chi connectivity index (χ1v) is 8.12. The lowest BCUT2D eigenvalue weighted by Gasteiger charge is -2.03. The van der Waals surface area contributed by atoms with Gasteiger partial charge >= 0.3 is 0 Å². The van der Waals surface area contributed by atoms with E-state index in [9.17, 15) is 0 Å². The van der Waals surface area contributed by atoms with Gasteiger partial charge in [0, 0.05) is 18.8 Å². The zero-order valence-electron chi connectivity index (χ0n) is 11.6. The van der Waals surface area contributed by atoms with Gasteiger partial charge in [0.05, 0.1) is 0 Å². The molecule has 106 valence electrons. The Labute approximate surface area is 122 Å². The van der Waals surface area contributed by atoms with Gasteiger partial charge in [0.15, 0.2) is 11.5 Å². The predicted octanol–water partition coefficient (Wildman–Crippen LogP) is 3.37. The first-order valence-electron chi connectivity index (χ1n) is 7.13. The molecule has 0 atom stereocenters. The van der Waals surface area contributed by atoms with E-state index in [1.807, 2.05) is 0 Å². The van der Waals surface area contributed by atoms with Gasteiger partial charge in [-0.1, -0.05) is 37.8 Å². The molecule has 0 amide bonds. The molecular weight excluding hydrogens is 272 g/mol. The summed E-state index contributed by atoms with van der Waals surface area (Å²) in [5, 5.41) is 4.95. The molecule has 0 spiro atoms. The molecule has 1 saturated carbocycles. The highest BCUT2D eigenvalue weighted by molar-refractivity contribution is 7.99. The third-order valence-electron chi connectivity index (χ3n) is 3.56. The van der Waals surface area contributed by atoms with Crippen LogP contribution in [0.4, 0.5) is 0 Å². The van der Waals surface area contributed by atoms with Gasteiger partial charge in [-0.15, -0.1) is 11.8 Å². The zero-order chi connectivity index (χ0) is 13.8. The van der Waals surface area contributed by atoms with E-state index in [4.69, 9.17) is 4.52 Å². The van der Waals surface area contributed by atoms with Gasteiger partial charge in [-0.3, -0.25) is 0 Å². The van der Waals surface area contributed by atoms with Crippen molar-refractivity contribution in [2.45, 2.75) is 44.1 Å². The predicted molar refractivity (Wildman–Crippen MR) is 77.4 cm³/mol. The highest BCUT2D eigenvalue weighted by Gasteiger charge is 2.20. The van der Waals surface area contributed by atoms with Crippen LogP contribution in [0.25, 0.3) is 11.6 Å². The third-order valence-corrected chi connectivity index (χ3v) is 4.42. The molecule has 2 aromatic heterocycles. The largest absolute Gasteiger partial charge is 0.332 e. The van der Waals surface area contributed by atoms with Crippen LogP contribution in [0, 0.1) is 5.92 Å². The second kappa shape index (κ2) is 6.35. The minimum atomic E-state index is 0.488. The smallest absolute Gasteiger partial charge is 0.279 e. The summed E-state index contributed by atoms with van der Waals surface area (Å²) in [6.45, 7) is 2.09. The molecule has 1 fully saturated rings. The standard InChI is InChI=1S/C14H18N4OS/c1-2-20-14-12(15-7-8-16-14)13-17-11(18-19-13)9-10-5-3-4-6-10/h7-8,10H,2-6,9H2,1H3. The summed E-state index contributed by atoms with van der Waals surface area (Å²) in [5.41, 5.74) is 0.699. The van der Waals surface area contributed by atoms with Gasteiger partial charge in [-0.2, -0.15) is 4.98 Å². The second-order valence-electron chi connectivity index (χ2n) is 5.01. The van der Waals surface area contributed by atoms with Crippen LogP contribution in [0.1, 0.15) is 38.4 Å². The van der Waals surface area contributed by atoms with Gasteiger partial charge in [0.25, 0.3) is 5.89 Å². The second-order valence-corrected chi connectivity index (χ2v) is 6.27. The van der Waals surface area contributed by atoms with Crippen LogP contribution >= 0.6 is 11.8 Å². The van der Waals surface area contributed by atoms with Crippen molar-refractivity contribution in [2.75, 3.05) is 5.75 Å². The lowest BCUT2D eigenvalue weighted by molar-refractivity contribution is 0.411. The SMILES string of the molecule is CCSc1nccnc1-c1nc(CC2CCCC2)no1. The Balaban J connectivity index is 1.78. The van der Waals surface area contributed by atoms with Crippen molar-refractivity contribution in [2.24, 2.45) is 5.92 Å². The molecule has 6 heteroatoms. The molecular formula is C14H18N4OS. The summed E-state index contributed by atoms with van der Waals surface area (Å²) in [6, 6.07) is 0. The van der Waals surface area contributed by atoms with E-state index in [2.05, 4.69) is 27.0 Å². The average molecular weight is 290 g/mol. The van der Waals surface area contributed by atoms with Crippen molar-refractivity contribution in [1.82, 2.24) is 20.1 Å². The van der Waals surface area contributed by atoms with E-state index < -0.39 is 0 Å². The Hall–Kier alpha value is -1.43. The van der Waals surface area contributed by atoms with Crippen molar-refractivity contribution < 1.29 is 4.52 Å². The summed E-state index contributed by atoms with van der Waals surface area (Å²) in [6.07, 6.45) is 9.50. The zero-order valence-corrected chi connectivity index (χ0v) is 12.4. The van der Waals surface area contributed by atoms with E-state index in [-0.39, 0.29) is 0 Å². The fourth-order valence-corrected chi connectivity index (χ4v) is 3.31. The highest BCUT2D eigenvalue weighted by Crippen LogP contribution is 2.29. The number of thioether (sulfide) groups is 1. The minimum absolute atomic E-state index is 0.488. The van der Waals surface area contributed by atoms with Gasteiger partial charge in [-0.05, 0) is 11.7 Å². The molecule has 0 unspecified atom stereocenters. The molecule has 0 bridgehead atoms. The van der Waals surface area contributed by atoms with Crippen molar-refractivity contribution in [3.63, 3.8) is 0 Å². The van der Waals surface area contributed by atoms with Crippen molar-refractivity contribution in [3.8, 4) is 11.6 Å². The number of hydrogen-bond donors (Lipinski definition) is 0. The molecule has 0 aromatic carbocycles. The van der Waals surface area contributed by atoms with Crippen LogP contribution < -0.4 is 0 Å². The maximum absolute atomic E-state index is 5.37. The fourth-order valence-electron chi connectivity index (χ4n) is 2.62. The Morgan fingerprint density at radius 1 is 1.25 bits per heavy atom. The van der Waals surface area contributed by atoms with Crippen molar-refractivity contribution >= 4 is 11.8 Å². The van der Waals surface area contributed by atoms with Gasteiger partial charge in [0.2, 0.25) is 0 Å². The Morgan fingerprint density at radius 2 is 2.05 bits per heavy atom. The van der Waals surface area contributed by atoms with Gasteiger partial charge < -0.3 is 4.52 Å². The number of aromatic nitrogens is 4. The Kier molecular flexibility index (Phi) is 4.30. The topological polar surface area (TPSA) is 64.7 Å². The Bertz CT molecular complexity index is 566. The number of nitrogens with zero attached hydrogens (tertiary/aromatic N) is 4. The average Bonchev–Trinajstić information content (AvgIpc) is 3.12. The highest BCUT2D eigenvalue weighted by atomic mass is 32.2. The van der Waals surface area contributed by atoms with Crippen LogP contribution in [-0.4, -0.2) is 25.9 Å². The van der Waals surface area contributed by atoms with Crippen LogP contribution in [-0.2, 0) is 6.42 Å². The van der Waals surface area contributed by atoms with Crippen LogP contribution in [0.2, 0.25) is 0 Å². The summed E-state index contributed by atoms with van der Waals surface area (Å²) < 4.78 is 5.37. The van der Waals surface area contributed by atoms with E-state index in [0.29, 0.717) is 17.5 Å². The molecule has 2 aromatic rings. The molecule has 0 radical (unpaired) electrons. The van der Waals surface area contributed by atoms with Crippen LogP contribution in [0.3, 0.4) is 0 Å². The minimum Gasteiger partial charge on any atom is -0.332 e. The summed E-state index contributed by atoms with van der Waals surface area (Å²) in [5.74, 6) is 2.94. The van der Waals surface area contributed by atoms with Gasteiger partial charge in [0.1, 0.15) is 5.03 Å². The molecule has 0 aliphatic heterocycles. The fraction of sp³-hybridized carbons (Fsp3) is 0.571. The van der Waals surface area contributed by atoms with Crippen LogP contribution in [0.5, 0.6) is 0 Å². The molecule has 0 N–H and O–H groups in total. The maximum Gasteiger partial charge on any atom is 0.279 e. The van der Waals surface area contributed by atoms with Crippen LogP contribution in [0.15, 0.2) is 21.9 Å². The van der Waals surface area contributed by atoms with E-state index in [1.165, 1.54) is 25.7 Å². The maximum atomic E-state index is 5.37. The monoisotopic (exact) mass is 290 g/mol. The van der Waals surface area contributed by atoms with Crippen molar-refractivity contribution in [1.29, 1.82) is 0 Å². The first-order chi connectivity index (χ1) is 9.86. The quantitative estimate of drug-likeness (QED) is 0.787. The summed E-state index contributed by atoms with van der Waals surface area (Å²) in [4.78, 5) is 13.2.